The predicted octanol–water partition coefficient (Wildman–Crippen LogP) is 3.59. The summed E-state index contributed by atoms with van der Waals surface area (Å²) in [5, 5.41) is 0. The molecule has 0 aliphatic heterocycles. The third kappa shape index (κ3) is 2.58. The number of carbonyl (C=O) groups is 2. The zero-order chi connectivity index (χ0) is 14.9. The molecule has 0 bridgehead atoms. The molecular weight excluding hydrogens is 252 g/mol. The minimum Gasteiger partial charge on any atom is -0.459 e. The van der Waals surface area contributed by atoms with Gasteiger partial charge in [0.2, 0.25) is 0 Å². The molecular formula is C17H24O3. The van der Waals surface area contributed by atoms with Gasteiger partial charge in [-0.1, -0.05) is 25.5 Å². The highest BCUT2D eigenvalue weighted by molar-refractivity contribution is 5.91. The van der Waals surface area contributed by atoms with Crippen LogP contribution in [0.5, 0.6) is 0 Å². The van der Waals surface area contributed by atoms with Crippen LogP contribution in [0.1, 0.15) is 53.4 Å². The van der Waals surface area contributed by atoms with Crippen LogP contribution >= 0.6 is 0 Å². The first-order valence-corrected chi connectivity index (χ1v) is 7.46. The molecule has 2 rings (SSSR count). The van der Waals surface area contributed by atoms with Crippen molar-refractivity contribution in [2.45, 2.75) is 59.5 Å². The third-order valence-corrected chi connectivity index (χ3v) is 5.23. The van der Waals surface area contributed by atoms with Crippen molar-refractivity contribution in [3.63, 3.8) is 0 Å². The fourth-order valence-electron chi connectivity index (χ4n) is 3.32. The quantitative estimate of drug-likeness (QED) is 0.572. The topological polar surface area (TPSA) is 43.4 Å². The summed E-state index contributed by atoms with van der Waals surface area (Å²) < 4.78 is 5.68. The molecule has 0 aromatic rings. The number of ketones is 1. The molecule has 0 amide bonds. The molecule has 0 aromatic carbocycles. The summed E-state index contributed by atoms with van der Waals surface area (Å²) >= 11 is 0. The fraction of sp³-hybridized carbons (Fsp3) is 0.647. The average molecular weight is 276 g/mol. The maximum Gasteiger partial charge on any atom is 0.333 e. The van der Waals surface area contributed by atoms with Crippen LogP contribution in [0.3, 0.4) is 0 Å². The lowest BCUT2D eigenvalue weighted by Crippen LogP contribution is -2.44. The minimum atomic E-state index is -0.215. The second kappa shape index (κ2) is 5.55. The summed E-state index contributed by atoms with van der Waals surface area (Å²) in [6, 6.07) is 0. The van der Waals surface area contributed by atoms with Gasteiger partial charge in [-0.25, -0.2) is 4.79 Å². The number of rotatable bonds is 2. The van der Waals surface area contributed by atoms with Crippen molar-refractivity contribution >= 4 is 11.8 Å². The Morgan fingerprint density at radius 2 is 2.15 bits per heavy atom. The Kier molecular flexibility index (Phi) is 4.17. The fourth-order valence-corrected chi connectivity index (χ4v) is 3.32. The van der Waals surface area contributed by atoms with Gasteiger partial charge in [0.25, 0.3) is 0 Å². The number of hydrogen-bond donors (Lipinski definition) is 0. The molecule has 110 valence electrons. The molecule has 3 unspecified atom stereocenters. The lowest BCUT2D eigenvalue weighted by molar-refractivity contribution is -0.151. The Hall–Kier alpha value is -1.38. The zero-order valence-electron chi connectivity index (χ0n) is 12.9. The minimum absolute atomic E-state index is 0.000933. The van der Waals surface area contributed by atoms with Crippen molar-refractivity contribution in [1.82, 2.24) is 0 Å². The number of esters is 1. The SMILES string of the molecule is C/C=C(/C)C(=O)OC1CCC2=CC(=O)CCC2(C)C1C. The van der Waals surface area contributed by atoms with Crippen LogP contribution in [0.25, 0.3) is 0 Å². The van der Waals surface area contributed by atoms with E-state index in [2.05, 4.69) is 13.8 Å². The van der Waals surface area contributed by atoms with E-state index in [1.54, 1.807) is 13.0 Å². The van der Waals surface area contributed by atoms with E-state index in [0.717, 1.165) is 19.3 Å². The number of allylic oxidation sites excluding steroid dienone is 3. The van der Waals surface area contributed by atoms with Gasteiger partial charge >= 0.3 is 5.97 Å². The summed E-state index contributed by atoms with van der Waals surface area (Å²) in [7, 11) is 0. The maximum atomic E-state index is 11.9. The van der Waals surface area contributed by atoms with Crippen LogP contribution in [-0.4, -0.2) is 17.9 Å². The lowest BCUT2D eigenvalue weighted by atomic mass is 9.59. The van der Waals surface area contributed by atoms with Crippen molar-refractivity contribution in [1.29, 1.82) is 0 Å². The van der Waals surface area contributed by atoms with Crippen LogP contribution in [0, 0.1) is 11.3 Å². The normalized spacial score (nSPS) is 34.3. The van der Waals surface area contributed by atoms with E-state index >= 15 is 0 Å². The molecule has 2 aliphatic rings. The van der Waals surface area contributed by atoms with E-state index in [-0.39, 0.29) is 29.2 Å². The number of fused-ring (bicyclic) bond motifs is 1. The van der Waals surface area contributed by atoms with E-state index in [9.17, 15) is 9.59 Å². The summed E-state index contributed by atoms with van der Waals surface area (Å²) in [5.74, 6) is 0.279. The lowest BCUT2D eigenvalue weighted by Gasteiger charge is -2.47. The van der Waals surface area contributed by atoms with Gasteiger partial charge < -0.3 is 4.74 Å². The maximum absolute atomic E-state index is 11.9. The van der Waals surface area contributed by atoms with E-state index in [1.165, 1.54) is 5.57 Å². The largest absolute Gasteiger partial charge is 0.459 e. The molecule has 0 N–H and O–H groups in total. The standard InChI is InChI=1S/C17H24O3/c1-5-11(2)16(19)20-15-7-6-13-10-14(18)8-9-17(13,4)12(15)3/h5,10,12,15H,6-9H2,1-4H3/b11-5-. The highest BCUT2D eigenvalue weighted by Gasteiger charge is 2.45. The van der Waals surface area contributed by atoms with Crippen molar-refractivity contribution in [2.24, 2.45) is 11.3 Å². The van der Waals surface area contributed by atoms with Gasteiger partial charge in [0.05, 0.1) is 0 Å². The summed E-state index contributed by atoms with van der Waals surface area (Å²) in [5.41, 5.74) is 1.90. The zero-order valence-corrected chi connectivity index (χ0v) is 12.9. The number of ether oxygens (including phenoxy) is 1. The molecule has 0 spiro atoms. The van der Waals surface area contributed by atoms with Gasteiger partial charge in [0, 0.05) is 17.9 Å². The molecule has 0 heterocycles. The Labute approximate surface area is 121 Å². The van der Waals surface area contributed by atoms with Crippen molar-refractivity contribution in [3.05, 3.63) is 23.3 Å². The average Bonchev–Trinajstić information content (AvgIpc) is 2.43. The van der Waals surface area contributed by atoms with Crippen molar-refractivity contribution < 1.29 is 14.3 Å². The van der Waals surface area contributed by atoms with E-state index < -0.39 is 0 Å². The first kappa shape index (κ1) is 15.0. The van der Waals surface area contributed by atoms with Crippen LogP contribution < -0.4 is 0 Å². The Bertz CT molecular complexity index is 486. The summed E-state index contributed by atoms with van der Waals surface area (Å²) in [4.78, 5) is 23.5. The molecule has 3 heteroatoms. The molecule has 0 aromatic heterocycles. The van der Waals surface area contributed by atoms with E-state index in [0.29, 0.717) is 12.0 Å². The molecule has 1 fully saturated rings. The molecule has 1 saturated carbocycles. The monoisotopic (exact) mass is 276 g/mol. The first-order valence-electron chi connectivity index (χ1n) is 7.46. The Balaban J connectivity index is 2.15. The first-order chi connectivity index (χ1) is 9.38. The third-order valence-electron chi connectivity index (χ3n) is 5.23. The second-order valence-corrected chi connectivity index (χ2v) is 6.30. The van der Waals surface area contributed by atoms with Gasteiger partial charge in [-0.3, -0.25) is 4.79 Å². The molecule has 0 saturated heterocycles. The van der Waals surface area contributed by atoms with Gasteiger partial charge in [-0.15, -0.1) is 0 Å². The number of carbonyl (C=O) groups excluding carboxylic acids is 2. The number of hydrogen-bond acceptors (Lipinski definition) is 3. The molecule has 2 aliphatic carbocycles. The smallest absolute Gasteiger partial charge is 0.333 e. The van der Waals surface area contributed by atoms with Crippen LogP contribution in [-0.2, 0) is 14.3 Å². The van der Waals surface area contributed by atoms with Gasteiger partial charge in [0.1, 0.15) is 6.10 Å². The second-order valence-electron chi connectivity index (χ2n) is 6.30. The van der Waals surface area contributed by atoms with Gasteiger partial charge in [-0.05, 0) is 44.6 Å². The molecule has 20 heavy (non-hydrogen) atoms. The van der Waals surface area contributed by atoms with Crippen molar-refractivity contribution in [2.75, 3.05) is 0 Å². The molecule has 3 nitrogen and oxygen atoms in total. The Morgan fingerprint density at radius 1 is 1.45 bits per heavy atom. The summed E-state index contributed by atoms with van der Waals surface area (Å²) in [6.07, 6.45) is 6.72. The predicted molar refractivity (Wildman–Crippen MR) is 78.1 cm³/mol. The van der Waals surface area contributed by atoms with Crippen LogP contribution in [0.2, 0.25) is 0 Å². The van der Waals surface area contributed by atoms with Crippen LogP contribution in [0.4, 0.5) is 0 Å². The molecule has 3 atom stereocenters. The van der Waals surface area contributed by atoms with E-state index in [4.69, 9.17) is 4.74 Å². The van der Waals surface area contributed by atoms with Gasteiger partial charge in [0.15, 0.2) is 5.78 Å². The highest BCUT2D eigenvalue weighted by Crippen LogP contribution is 2.50. The summed E-state index contributed by atoms with van der Waals surface area (Å²) in [6.45, 7) is 7.97. The highest BCUT2D eigenvalue weighted by atomic mass is 16.5. The van der Waals surface area contributed by atoms with E-state index in [1.807, 2.05) is 13.0 Å². The Morgan fingerprint density at radius 3 is 2.80 bits per heavy atom. The van der Waals surface area contributed by atoms with Gasteiger partial charge in [-0.2, -0.15) is 0 Å². The van der Waals surface area contributed by atoms with Crippen LogP contribution in [0.15, 0.2) is 23.3 Å². The molecule has 0 radical (unpaired) electrons. The van der Waals surface area contributed by atoms with Crippen molar-refractivity contribution in [3.8, 4) is 0 Å².